The molecule has 0 aliphatic rings. The molecule has 0 aliphatic carbocycles. The summed E-state index contributed by atoms with van der Waals surface area (Å²) in [6.45, 7) is 1.71. The number of nitro benzene ring substituents is 1. The van der Waals surface area contributed by atoms with E-state index in [0.29, 0.717) is 16.8 Å². The van der Waals surface area contributed by atoms with Crippen LogP contribution in [-0.4, -0.2) is 27.4 Å². The van der Waals surface area contributed by atoms with Crippen molar-refractivity contribution in [3.63, 3.8) is 0 Å². The van der Waals surface area contributed by atoms with Crippen molar-refractivity contribution in [1.82, 2.24) is 4.98 Å². The van der Waals surface area contributed by atoms with Crippen LogP contribution in [0.15, 0.2) is 18.2 Å². The summed E-state index contributed by atoms with van der Waals surface area (Å²) in [6.07, 6.45) is -4.81. The molecule has 0 fully saturated rings. The third-order valence-corrected chi connectivity index (χ3v) is 4.28. The molecule has 2 rings (SSSR count). The Balaban J connectivity index is 2.60. The lowest BCUT2D eigenvalue weighted by Gasteiger charge is -2.10. The molecule has 2 aromatic rings. The van der Waals surface area contributed by atoms with E-state index in [9.17, 15) is 28.4 Å². The molecule has 0 saturated carbocycles. The van der Waals surface area contributed by atoms with Crippen molar-refractivity contribution in [3.8, 4) is 0 Å². The second-order valence-electron chi connectivity index (χ2n) is 4.56. The zero-order valence-corrected chi connectivity index (χ0v) is 12.3. The molecular formula is C13H13F3N2O3S. The lowest BCUT2D eigenvalue weighted by atomic mass is 10.1. The fourth-order valence-electron chi connectivity index (χ4n) is 2.18. The number of nitro groups is 1. The summed E-state index contributed by atoms with van der Waals surface area (Å²) in [7, 11) is 0. The van der Waals surface area contributed by atoms with E-state index < -0.39 is 22.4 Å². The van der Waals surface area contributed by atoms with E-state index in [2.05, 4.69) is 4.98 Å². The highest BCUT2D eigenvalue weighted by atomic mass is 32.2. The highest BCUT2D eigenvalue weighted by Crippen LogP contribution is 2.39. The van der Waals surface area contributed by atoms with Crippen LogP contribution in [0.5, 0.6) is 0 Å². The molecule has 1 aromatic carbocycles. The molecular weight excluding hydrogens is 321 g/mol. The summed E-state index contributed by atoms with van der Waals surface area (Å²) in [5, 5.41) is 20.2. The van der Waals surface area contributed by atoms with Crippen LogP contribution in [0.2, 0.25) is 0 Å². The van der Waals surface area contributed by atoms with Crippen LogP contribution < -0.4 is 0 Å². The van der Waals surface area contributed by atoms with Gasteiger partial charge in [-0.25, -0.2) is 0 Å². The fraction of sp³-hybridized carbons (Fsp3) is 0.385. The quantitative estimate of drug-likeness (QED) is 0.642. The second kappa shape index (κ2) is 6.17. The number of nitrogens with one attached hydrogen (secondary N) is 1. The summed E-state index contributed by atoms with van der Waals surface area (Å²) in [4.78, 5) is 12.6. The van der Waals surface area contributed by atoms with E-state index in [1.165, 1.54) is 17.8 Å². The third-order valence-electron chi connectivity index (χ3n) is 3.14. The Bertz CT molecular complexity index is 700. The number of thioether (sulfide) groups is 1. The van der Waals surface area contributed by atoms with Crippen molar-refractivity contribution in [1.29, 1.82) is 0 Å². The minimum atomic E-state index is -4.81. The Morgan fingerprint density at radius 2 is 2.09 bits per heavy atom. The molecule has 0 amide bonds. The summed E-state index contributed by atoms with van der Waals surface area (Å²) >= 11 is 1.43. The first-order valence-electron chi connectivity index (χ1n) is 6.38. The normalized spacial score (nSPS) is 13.5. The number of alkyl halides is 3. The van der Waals surface area contributed by atoms with Gasteiger partial charge in [-0.15, -0.1) is 0 Å². The second-order valence-corrected chi connectivity index (χ2v) is 6.04. The number of aromatic nitrogens is 1. The van der Waals surface area contributed by atoms with Crippen molar-refractivity contribution in [2.45, 2.75) is 18.3 Å². The van der Waals surface area contributed by atoms with Gasteiger partial charge in [-0.05, 0) is 17.9 Å². The van der Waals surface area contributed by atoms with Crippen molar-refractivity contribution < 1.29 is 23.2 Å². The number of benzene rings is 1. The smallest absolute Gasteiger partial charge is 0.395 e. The average Bonchev–Trinajstić information content (AvgIpc) is 2.84. The van der Waals surface area contributed by atoms with Gasteiger partial charge in [-0.2, -0.15) is 24.9 Å². The first-order chi connectivity index (χ1) is 10.3. The number of aliphatic hydroxyl groups is 1. The molecule has 1 atom stereocenters. The zero-order valence-electron chi connectivity index (χ0n) is 11.5. The topological polar surface area (TPSA) is 79.2 Å². The highest BCUT2D eigenvalue weighted by molar-refractivity contribution is 7.99. The van der Waals surface area contributed by atoms with Crippen molar-refractivity contribution in [3.05, 3.63) is 39.6 Å². The zero-order chi connectivity index (χ0) is 16.5. The minimum Gasteiger partial charge on any atom is -0.395 e. The summed E-state index contributed by atoms with van der Waals surface area (Å²) < 4.78 is 38.8. The Labute approximate surface area is 127 Å². The predicted molar refractivity (Wildman–Crippen MR) is 77.9 cm³/mol. The number of hydrogen-bond donors (Lipinski definition) is 2. The summed E-state index contributed by atoms with van der Waals surface area (Å²) in [5.74, 6) is 0.717. The summed E-state index contributed by atoms with van der Waals surface area (Å²) in [5.41, 5.74) is -1.57. The van der Waals surface area contributed by atoms with Gasteiger partial charge >= 0.3 is 6.18 Å². The Kier molecular flexibility index (Phi) is 4.66. The standard InChI is InChI=1S/C13H13F3N2O3S/c1-2-22-12(6-19)10-3-7-4-11(18(20)21)8(13(14,15)16)5-9(7)17-10/h3-5,12,17,19H,2,6H2,1H3. The fourth-order valence-corrected chi connectivity index (χ4v) is 3.00. The van der Waals surface area contributed by atoms with E-state index in [-0.39, 0.29) is 17.4 Å². The number of aromatic amines is 1. The lowest BCUT2D eigenvalue weighted by Crippen LogP contribution is -2.08. The molecule has 1 aromatic heterocycles. The largest absolute Gasteiger partial charge is 0.423 e. The number of rotatable bonds is 5. The number of nitrogens with zero attached hydrogens (tertiary/aromatic N) is 1. The summed E-state index contributed by atoms with van der Waals surface area (Å²) in [6, 6.07) is 3.18. The van der Waals surface area contributed by atoms with Gasteiger partial charge in [0.1, 0.15) is 5.56 Å². The van der Waals surface area contributed by atoms with E-state index >= 15 is 0 Å². The van der Waals surface area contributed by atoms with Gasteiger partial charge in [0.2, 0.25) is 0 Å². The van der Waals surface area contributed by atoms with Gasteiger partial charge < -0.3 is 10.1 Å². The molecule has 120 valence electrons. The van der Waals surface area contributed by atoms with Crippen LogP contribution in [-0.2, 0) is 6.18 Å². The lowest BCUT2D eigenvalue weighted by molar-refractivity contribution is -0.387. The number of hydrogen-bond acceptors (Lipinski definition) is 4. The van der Waals surface area contributed by atoms with E-state index in [4.69, 9.17) is 0 Å². The van der Waals surface area contributed by atoms with Crippen LogP contribution in [0, 0.1) is 10.1 Å². The monoisotopic (exact) mass is 334 g/mol. The van der Waals surface area contributed by atoms with Crippen LogP contribution in [0.1, 0.15) is 23.4 Å². The number of aliphatic hydroxyl groups excluding tert-OH is 1. The highest BCUT2D eigenvalue weighted by Gasteiger charge is 2.38. The molecule has 1 heterocycles. The molecule has 5 nitrogen and oxygen atoms in total. The van der Waals surface area contributed by atoms with Crippen LogP contribution >= 0.6 is 11.8 Å². The maximum atomic E-state index is 12.9. The van der Waals surface area contributed by atoms with Gasteiger partial charge in [0, 0.05) is 22.7 Å². The Hall–Kier alpha value is -1.74. The molecule has 0 aliphatic heterocycles. The number of fused-ring (bicyclic) bond motifs is 1. The minimum absolute atomic E-state index is 0.156. The molecule has 22 heavy (non-hydrogen) atoms. The van der Waals surface area contributed by atoms with Crippen LogP contribution in [0.3, 0.4) is 0 Å². The first kappa shape index (κ1) is 16.6. The molecule has 0 saturated heterocycles. The average molecular weight is 334 g/mol. The van der Waals surface area contributed by atoms with Crippen molar-refractivity contribution in [2.75, 3.05) is 12.4 Å². The molecule has 0 bridgehead atoms. The Morgan fingerprint density at radius 3 is 2.59 bits per heavy atom. The third kappa shape index (κ3) is 3.20. The maximum absolute atomic E-state index is 12.9. The SMILES string of the molecule is CCSC(CO)c1cc2cc([N+](=O)[O-])c(C(F)(F)F)cc2[nH]1. The van der Waals surface area contributed by atoms with Crippen molar-refractivity contribution in [2.24, 2.45) is 0 Å². The molecule has 0 radical (unpaired) electrons. The van der Waals surface area contributed by atoms with Gasteiger partial charge in [-0.3, -0.25) is 10.1 Å². The first-order valence-corrected chi connectivity index (χ1v) is 7.43. The maximum Gasteiger partial charge on any atom is 0.423 e. The molecule has 2 N–H and O–H groups in total. The number of halogens is 3. The van der Waals surface area contributed by atoms with Gasteiger partial charge in [-0.1, -0.05) is 6.92 Å². The van der Waals surface area contributed by atoms with Gasteiger partial charge in [0.15, 0.2) is 0 Å². The molecule has 1 unspecified atom stereocenters. The van der Waals surface area contributed by atoms with Crippen LogP contribution in [0.25, 0.3) is 10.9 Å². The molecule has 9 heteroatoms. The van der Waals surface area contributed by atoms with E-state index in [1.54, 1.807) is 0 Å². The van der Waals surface area contributed by atoms with Gasteiger partial charge in [0.05, 0.1) is 16.8 Å². The molecule has 0 spiro atoms. The number of H-pyrrole nitrogens is 1. The predicted octanol–water partition coefficient (Wildman–Crippen LogP) is 3.88. The van der Waals surface area contributed by atoms with Gasteiger partial charge in [0.25, 0.3) is 5.69 Å². The van der Waals surface area contributed by atoms with E-state index in [0.717, 1.165) is 12.1 Å². The van der Waals surface area contributed by atoms with Crippen LogP contribution in [0.4, 0.5) is 18.9 Å². The van der Waals surface area contributed by atoms with Crippen molar-refractivity contribution >= 4 is 28.4 Å². The van der Waals surface area contributed by atoms with E-state index in [1.807, 2.05) is 6.92 Å². The Morgan fingerprint density at radius 1 is 1.41 bits per heavy atom.